The second kappa shape index (κ2) is 4.72. The lowest BCUT2D eigenvalue weighted by Crippen LogP contribution is -2.66. The van der Waals surface area contributed by atoms with Gasteiger partial charge in [0.2, 0.25) is 0 Å². The summed E-state index contributed by atoms with van der Waals surface area (Å²) in [7, 11) is 0. The molecule has 2 aliphatic rings. The third-order valence-electron chi connectivity index (χ3n) is 4.97. The SMILES string of the molecule is CC1(N)CN(c2c(F)cc3c(=O)ccn4c3c2OC[C@@]4(C)C(=O)O)C1. The van der Waals surface area contributed by atoms with E-state index in [2.05, 4.69) is 0 Å². The van der Waals surface area contributed by atoms with Crippen molar-refractivity contribution in [1.29, 1.82) is 0 Å². The van der Waals surface area contributed by atoms with Crippen LogP contribution in [0.5, 0.6) is 5.75 Å². The molecule has 1 aromatic heterocycles. The summed E-state index contributed by atoms with van der Waals surface area (Å²) in [5.41, 5.74) is 4.35. The van der Waals surface area contributed by atoms with Crippen LogP contribution in [0.25, 0.3) is 10.9 Å². The van der Waals surface area contributed by atoms with Gasteiger partial charge in [0.15, 0.2) is 22.5 Å². The Balaban J connectivity index is 2.03. The van der Waals surface area contributed by atoms with E-state index in [9.17, 15) is 19.1 Å². The lowest BCUT2D eigenvalue weighted by atomic mass is 9.92. The number of rotatable bonds is 2. The molecule has 8 heteroatoms. The molecule has 132 valence electrons. The molecule has 0 unspecified atom stereocenters. The maximum atomic E-state index is 14.8. The van der Waals surface area contributed by atoms with Crippen LogP contribution in [0.3, 0.4) is 0 Å². The van der Waals surface area contributed by atoms with Gasteiger partial charge in [-0.2, -0.15) is 0 Å². The second-order valence-electron chi connectivity index (χ2n) is 7.36. The Hall–Kier alpha value is -2.61. The van der Waals surface area contributed by atoms with Crippen molar-refractivity contribution >= 4 is 22.6 Å². The first-order chi connectivity index (χ1) is 11.6. The number of nitrogens with two attached hydrogens (primary N) is 1. The molecule has 1 fully saturated rings. The average molecular weight is 347 g/mol. The summed E-state index contributed by atoms with van der Waals surface area (Å²) in [4.78, 5) is 25.7. The van der Waals surface area contributed by atoms with E-state index in [0.717, 1.165) is 6.07 Å². The van der Waals surface area contributed by atoms with Crippen LogP contribution >= 0.6 is 0 Å². The Kier molecular flexibility index (Phi) is 3.00. The first-order valence-corrected chi connectivity index (χ1v) is 7.92. The van der Waals surface area contributed by atoms with Crippen LogP contribution in [0.1, 0.15) is 13.8 Å². The van der Waals surface area contributed by atoms with Crippen LogP contribution in [0.4, 0.5) is 10.1 Å². The third-order valence-corrected chi connectivity index (χ3v) is 4.97. The van der Waals surface area contributed by atoms with Gasteiger partial charge in [-0.3, -0.25) is 4.79 Å². The normalized spacial score (nSPS) is 23.9. The summed E-state index contributed by atoms with van der Waals surface area (Å²) in [6.07, 6.45) is 1.43. The summed E-state index contributed by atoms with van der Waals surface area (Å²) in [6, 6.07) is 2.40. The molecule has 25 heavy (non-hydrogen) atoms. The number of benzene rings is 1. The topological polar surface area (TPSA) is 97.8 Å². The molecule has 0 spiro atoms. The number of nitrogens with zero attached hydrogens (tertiary/aromatic N) is 2. The number of aliphatic carboxylic acids is 1. The number of aromatic nitrogens is 1. The van der Waals surface area contributed by atoms with Crippen molar-refractivity contribution in [3.63, 3.8) is 0 Å². The van der Waals surface area contributed by atoms with Crippen molar-refractivity contribution in [3.05, 3.63) is 34.4 Å². The Labute approximate surface area is 142 Å². The highest BCUT2D eigenvalue weighted by atomic mass is 19.1. The van der Waals surface area contributed by atoms with E-state index in [4.69, 9.17) is 10.5 Å². The van der Waals surface area contributed by atoms with E-state index in [0.29, 0.717) is 18.6 Å². The van der Waals surface area contributed by atoms with E-state index in [1.54, 1.807) is 4.90 Å². The first kappa shape index (κ1) is 15.9. The fourth-order valence-corrected chi connectivity index (χ4v) is 3.61. The molecule has 0 bridgehead atoms. The van der Waals surface area contributed by atoms with Crippen molar-refractivity contribution < 1.29 is 19.0 Å². The van der Waals surface area contributed by atoms with Gasteiger partial charge in [-0.1, -0.05) is 0 Å². The van der Waals surface area contributed by atoms with Crippen molar-refractivity contribution in [2.75, 3.05) is 24.6 Å². The van der Waals surface area contributed by atoms with E-state index >= 15 is 0 Å². The predicted octanol–water partition coefficient (Wildman–Crippen LogP) is 0.870. The van der Waals surface area contributed by atoms with Crippen LogP contribution in [0, 0.1) is 5.82 Å². The molecular formula is C17H18FN3O4. The number of carboxylic acid groups (broad SMARTS) is 1. The quantitative estimate of drug-likeness (QED) is 0.837. The van der Waals surface area contributed by atoms with Gasteiger partial charge >= 0.3 is 5.97 Å². The number of carbonyl (C=O) groups is 1. The highest BCUT2D eigenvalue weighted by Gasteiger charge is 2.44. The van der Waals surface area contributed by atoms with Crippen LogP contribution in [-0.4, -0.2) is 40.9 Å². The number of anilines is 1. The van der Waals surface area contributed by atoms with Gasteiger partial charge in [0.1, 0.15) is 12.3 Å². The van der Waals surface area contributed by atoms with Gasteiger partial charge < -0.3 is 25.0 Å². The summed E-state index contributed by atoms with van der Waals surface area (Å²) in [6.45, 7) is 4.09. The fraction of sp³-hybridized carbons (Fsp3) is 0.412. The number of carboxylic acids is 1. The minimum absolute atomic E-state index is 0.0990. The van der Waals surface area contributed by atoms with Crippen LogP contribution in [0.2, 0.25) is 0 Å². The van der Waals surface area contributed by atoms with Gasteiger partial charge in [0.25, 0.3) is 0 Å². The Morgan fingerprint density at radius 3 is 2.68 bits per heavy atom. The molecule has 1 atom stereocenters. The average Bonchev–Trinajstić information content (AvgIpc) is 2.50. The molecule has 0 aliphatic carbocycles. The van der Waals surface area contributed by atoms with E-state index in [-0.39, 0.29) is 28.9 Å². The van der Waals surface area contributed by atoms with Gasteiger partial charge in [-0.15, -0.1) is 0 Å². The lowest BCUT2D eigenvalue weighted by Gasteiger charge is -2.48. The Bertz CT molecular complexity index is 976. The summed E-state index contributed by atoms with van der Waals surface area (Å²) in [5.74, 6) is -1.47. The molecule has 1 aromatic carbocycles. The second-order valence-corrected chi connectivity index (χ2v) is 7.36. The standard InChI is InChI=1S/C17H18FN3O4/c1-16(19)6-20(7-16)13-10(18)5-9-11(22)3-4-21-12(9)14(13)25-8-17(21,2)15(23)24/h3-5H,6-8,19H2,1-2H3,(H,23,24)/t17-/m0/s1. The van der Waals surface area contributed by atoms with Crippen molar-refractivity contribution in [1.82, 2.24) is 4.57 Å². The van der Waals surface area contributed by atoms with Crippen molar-refractivity contribution in [3.8, 4) is 5.75 Å². The number of pyridine rings is 1. The van der Waals surface area contributed by atoms with Gasteiger partial charge in [-0.05, 0) is 19.9 Å². The summed E-state index contributed by atoms with van der Waals surface area (Å²) >= 11 is 0. The number of hydrogen-bond donors (Lipinski definition) is 2. The molecule has 0 amide bonds. The highest BCUT2D eigenvalue weighted by Crippen LogP contribution is 2.44. The van der Waals surface area contributed by atoms with E-state index in [1.807, 2.05) is 6.92 Å². The summed E-state index contributed by atoms with van der Waals surface area (Å²) in [5, 5.41) is 9.72. The zero-order chi connectivity index (χ0) is 18.1. The van der Waals surface area contributed by atoms with Gasteiger partial charge in [0, 0.05) is 30.9 Å². The van der Waals surface area contributed by atoms with Crippen LogP contribution in [0.15, 0.2) is 23.1 Å². The van der Waals surface area contributed by atoms with E-state index < -0.39 is 22.9 Å². The minimum Gasteiger partial charge on any atom is -0.486 e. The lowest BCUT2D eigenvalue weighted by molar-refractivity contribution is -0.148. The van der Waals surface area contributed by atoms with Crippen molar-refractivity contribution in [2.24, 2.45) is 5.73 Å². The first-order valence-electron chi connectivity index (χ1n) is 7.92. The molecule has 0 radical (unpaired) electrons. The fourth-order valence-electron chi connectivity index (χ4n) is 3.61. The Morgan fingerprint density at radius 2 is 2.08 bits per heavy atom. The third kappa shape index (κ3) is 2.07. The molecule has 4 rings (SSSR count). The molecule has 3 heterocycles. The molecule has 3 N–H and O–H groups in total. The van der Waals surface area contributed by atoms with Gasteiger partial charge in [0.05, 0.1) is 10.9 Å². The van der Waals surface area contributed by atoms with Crippen LogP contribution < -0.4 is 20.8 Å². The largest absolute Gasteiger partial charge is 0.486 e. The maximum Gasteiger partial charge on any atom is 0.333 e. The van der Waals surface area contributed by atoms with E-state index in [1.165, 1.54) is 23.8 Å². The smallest absolute Gasteiger partial charge is 0.333 e. The molecule has 7 nitrogen and oxygen atoms in total. The zero-order valence-corrected chi connectivity index (χ0v) is 13.9. The maximum absolute atomic E-state index is 14.8. The molecule has 2 aliphatic heterocycles. The monoisotopic (exact) mass is 347 g/mol. The summed E-state index contributed by atoms with van der Waals surface area (Å²) < 4.78 is 21.9. The number of ether oxygens (including phenoxy) is 1. The van der Waals surface area contributed by atoms with Gasteiger partial charge in [-0.25, -0.2) is 9.18 Å². The predicted molar refractivity (Wildman–Crippen MR) is 89.8 cm³/mol. The Morgan fingerprint density at radius 1 is 1.40 bits per heavy atom. The minimum atomic E-state index is -1.38. The molecular weight excluding hydrogens is 329 g/mol. The molecule has 2 aromatic rings. The number of hydrogen-bond acceptors (Lipinski definition) is 5. The number of halogens is 1. The molecule has 0 saturated carbocycles. The van der Waals surface area contributed by atoms with Crippen molar-refractivity contribution in [2.45, 2.75) is 24.9 Å². The highest BCUT2D eigenvalue weighted by molar-refractivity contribution is 5.94. The zero-order valence-electron chi connectivity index (χ0n) is 13.9. The molecule has 1 saturated heterocycles. The van der Waals surface area contributed by atoms with Crippen LogP contribution in [-0.2, 0) is 10.3 Å².